The van der Waals surface area contributed by atoms with E-state index in [4.69, 9.17) is 0 Å². The third kappa shape index (κ3) is 2.45. The summed E-state index contributed by atoms with van der Waals surface area (Å²) in [7, 11) is 0. The van der Waals surface area contributed by atoms with Crippen molar-refractivity contribution in [2.24, 2.45) is 0 Å². The third-order valence-electron chi connectivity index (χ3n) is 3.31. The third-order valence-corrected chi connectivity index (χ3v) is 3.31. The molecule has 0 amide bonds. The Hall–Kier alpha value is -3.39. The number of nitrogens with zero attached hydrogens (tertiary/aromatic N) is 2. The van der Waals surface area contributed by atoms with Crippen molar-refractivity contribution in [3.8, 4) is 34.2 Å². The Morgan fingerprint density at radius 1 is 1.05 bits per heavy atom. The molecule has 3 aromatic rings. The first-order valence-electron chi connectivity index (χ1n) is 6.56. The first kappa shape index (κ1) is 13.6. The second-order valence-electron chi connectivity index (χ2n) is 4.70. The number of H-pyrrole nitrogens is 1. The summed E-state index contributed by atoms with van der Waals surface area (Å²) in [6.45, 7) is 0. The van der Waals surface area contributed by atoms with Gasteiger partial charge >= 0.3 is 0 Å². The SMILES string of the molecule is N#Cc1c(-c2ccc(O)cc2)cc(-c2ccncc2)[nH]c1=O. The number of aromatic hydroxyl groups is 1. The highest BCUT2D eigenvalue weighted by atomic mass is 16.3. The van der Waals surface area contributed by atoms with Gasteiger partial charge in [-0.2, -0.15) is 5.26 Å². The van der Waals surface area contributed by atoms with Gasteiger partial charge in [0.15, 0.2) is 0 Å². The summed E-state index contributed by atoms with van der Waals surface area (Å²) in [5.74, 6) is 0.126. The Labute approximate surface area is 126 Å². The predicted octanol–water partition coefficient (Wildman–Crippen LogP) is 2.68. The van der Waals surface area contributed by atoms with Crippen molar-refractivity contribution in [3.63, 3.8) is 0 Å². The first-order valence-corrected chi connectivity index (χ1v) is 6.56. The number of pyridine rings is 2. The molecule has 5 heteroatoms. The van der Waals surface area contributed by atoms with Gasteiger partial charge in [0.2, 0.25) is 0 Å². The van der Waals surface area contributed by atoms with Gasteiger partial charge in [0.25, 0.3) is 5.56 Å². The molecule has 106 valence electrons. The van der Waals surface area contributed by atoms with Crippen molar-refractivity contribution in [2.75, 3.05) is 0 Å². The molecule has 0 saturated heterocycles. The Morgan fingerprint density at radius 3 is 2.36 bits per heavy atom. The van der Waals surface area contributed by atoms with Crippen molar-refractivity contribution in [2.45, 2.75) is 0 Å². The lowest BCUT2D eigenvalue weighted by molar-refractivity contribution is 0.475. The summed E-state index contributed by atoms with van der Waals surface area (Å²) >= 11 is 0. The zero-order valence-electron chi connectivity index (χ0n) is 11.4. The van der Waals surface area contributed by atoms with Crippen LogP contribution in [-0.2, 0) is 0 Å². The first-order chi connectivity index (χ1) is 10.7. The van der Waals surface area contributed by atoms with Crippen molar-refractivity contribution in [1.82, 2.24) is 9.97 Å². The van der Waals surface area contributed by atoms with Crippen LogP contribution in [-0.4, -0.2) is 15.1 Å². The molecule has 0 spiro atoms. The molecule has 2 heterocycles. The van der Waals surface area contributed by atoms with Crippen molar-refractivity contribution in [3.05, 3.63) is 70.8 Å². The molecule has 0 fully saturated rings. The van der Waals surface area contributed by atoms with Crippen LogP contribution in [0.25, 0.3) is 22.4 Å². The molecular formula is C17H11N3O2. The van der Waals surface area contributed by atoms with Gasteiger partial charge in [-0.3, -0.25) is 9.78 Å². The molecule has 0 aliphatic carbocycles. The quantitative estimate of drug-likeness (QED) is 0.759. The molecule has 0 aliphatic heterocycles. The molecule has 0 aliphatic rings. The molecule has 0 saturated carbocycles. The molecule has 3 rings (SSSR count). The largest absolute Gasteiger partial charge is 0.508 e. The Bertz CT molecular complexity index is 907. The number of rotatable bonds is 2. The van der Waals surface area contributed by atoms with E-state index in [1.54, 1.807) is 42.7 Å². The molecular weight excluding hydrogens is 278 g/mol. The van der Waals surface area contributed by atoms with E-state index in [-0.39, 0.29) is 11.3 Å². The monoisotopic (exact) mass is 289 g/mol. The molecule has 2 N–H and O–H groups in total. The van der Waals surface area contributed by atoms with E-state index in [1.807, 2.05) is 6.07 Å². The Kier molecular flexibility index (Phi) is 3.42. The van der Waals surface area contributed by atoms with Gasteiger partial charge in [-0.1, -0.05) is 12.1 Å². The lowest BCUT2D eigenvalue weighted by Crippen LogP contribution is -2.12. The van der Waals surface area contributed by atoms with Crippen LogP contribution in [0.4, 0.5) is 0 Å². The van der Waals surface area contributed by atoms with E-state index in [0.717, 1.165) is 5.56 Å². The van der Waals surface area contributed by atoms with E-state index in [9.17, 15) is 15.2 Å². The minimum Gasteiger partial charge on any atom is -0.508 e. The summed E-state index contributed by atoms with van der Waals surface area (Å²) in [4.78, 5) is 18.8. The maximum atomic E-state index is 12.2. The number of nitriles is 1. The Balaban J connectivity index is 2.24. The van der Waals surface area contributed by atoms with Gasteiger partial charge in [0, 0.05) is 29.2 Å². The van der Waals surface area contributed by atoms with Crippen LogP contribution in [0.3, 0.4) is 0 Å². The highest BCUT2D eigenvalue weighted by Gasteiger charge is 2.12. The number of aromatic amines is 1. The molecule has 2 aromatic heterocycles. The van der Waals surface area contributed by atoms with Crippen LogP contribution >= 0.6 is 0 Å². The van der Waals surface area contributed by atoms with Crippen LogP contribution < -0.4 is 5.56 Å². The van der Waals surface area contributed by atoms with E-state index >= 15 is 0 Å². The van der Waals surface area contributed by atoms with E-state index < -0.39 is 5.56 Å². The van der Waals surface area contributed by atoms with Crippen molar-refractivity contribution < 1.29 is 5.11 Å². The summed E-state index contributed by atoms with van der Waals surface area (Å²) in [5, 5.41) is 18.6. The number of phenolic OH excluding ortho intramolecular Hbond substituents is 1. The highest BCUT2D eigenvalue weighted by Crippen LogP contribution is 2.27. The average molecular weight is 289 g/mol. The topological polar surface area (TPSA) is 89.8 Å². The zero-order valence-corrected chi connectivity index (χ0v) is 11.4. The normalized spacial score (nSPS) is 10.1. The fourth-order valence-electron chi connectivity index (χ4n) is 2.23. The number of hydrogen-bond acceptors (Lipinski definition) is 4. The van der Waals surface area contributed by atoms with Crippen LogP contribution in [0.15, 0.2) is 59.7 Å². The summed E-state index contributed by atoms with van der Waals surface area (Å²) in [5.41, 5.74) is 2.23. The minimum atomic E-state index is -0.445. The number of hydrogen-bond donors (Lipinski definition) is 2. The molecule has 0 radical (unpaired) electrons. The van der Waals surface area contributed by atoms with E-state index in [2.05, 4.69) is 9.97 Å². The number of benzene rings is 1. The molecule has 0 unspecified atom stereocenters. The number of nitrogens with one attached hydrogen (secondary N) is 1. The molecule has 22 heavy (non-hydrogen) atoms. The predicted molar refractivity (Wildman–Crippen MR) is 82.1 cm³/mol. The lowest BCUT2D eigenvalue weighted by Gasteiger charge is -2.08. The smallest absolute Gasteiger partial charge is 0.266 e. The van der Waals surface area contributed by atoms with Crippen molar-refractivity contribution >= 4 is 0 Å². The zero-order chi connectivity index (χ0) is 15.5. The fraction of sp³-hybridized carbons (Fsp3) is 0. The summed E-state index contributed by atoms with van der Waals surface area (Å²) in [6, 6.07) is 13.6. The lowest BCUT2D eigenvalue weighted by atomic mass is 9.99. The summed E-state index contributed by atoms with van der Waals surface area (Å²) < 4.78 is 0. The second-order valence-corrected chi connectivity index (χ2v) is 4.70. The standard InChI is InChI=1S/C17H11N3O2/c18-10-15-14(11-1-3-13(21)4-2-11)9-16(20-17(15)22)12-5-7-19-8-6-12/h1-9,21H,(H,20,22). The number of phenols is 1. The van der Waals surface area contributed by atoms with Crippen LogP contribution in [0, 0.1) is 11.3 Å². The Morgan fingerprint density at radius 2 is 1.73 bits per heavy atom. The van der Waals surface area contributed by atoms with Crippen molar-refractivity contribution in [1.29, 1.82) is 5.26 Å². The van der Waals surface area contributed by atoms with Crippen LogP contribution in [0.2, 0.25) is 0 Å². The number of aromatic nitrogens is 2. The van der Waals surface area contributed by atoms with Gasteiger partial charge in [0.05, 0.1) is 0 Å². The molecule has 1 aromatic carbocycles. The second kappa shape index (κ2) is 5.54. The van der Waals surface area contributed by atoms with Gasteiger partial charge < -0.3 is 10.1 Å². The van der Waals surface area contributed by atoms with Gasteiger partial charge in [-0.15, -0.1) is 0 Å². The fourth-order valence-corrected chi connectivity index (χ4v) is 2.23. The van der Waals surface area contributed by atoms with Crippen LogP contribution in [0.5, 0.6) is 5.75 Å². The highest BCUT2D eigenvalue weighted by molar-refractivity contribution is 5.75. The maximum Gasteiger partial charge on any atom is 0.266 e. The van der Waals surface area contributed by atoms with Gasteiger partial charge in [-0.05, 0) is 35.9 Å². The molecule has 0 atom stereocenters. The molecule has 5 nitrogen and oxygen atoms in total. The maximum absolute atomic E-state index is 12.2. The summed E-state index contributed by atoms with van der Waals surface area (Å²) in [6.07, 6.45) is 3.26. The van der Waals surface area contributed by atoms with E-state index in [0.29, 0.717) is 16.8 Å². The van der Waals surface area contributed by atoms with E-state index in [1.165, 1.54) is 12.1 Å². The van der Waals surface area contributed by atoms with Gasteiger partial charge in [-0.25, -0.2) is 0 Å². The van der Waals surface area contributed by atoms with Crippen LogP contribution in [0.1, 0.15) is 5.56 Å². The average Bonchev–Trinajstić information content (AvgIpc) is 2.55. The minimum absolute atomic E-state index is 0.0449. The molecule has 0 bridgehead atoms. The van der Waals surface area contributed by atoms with Gasteiger partial charge in [0.1, 0.15) is 17.4 Å².